The molecule has 0 aliphatic rings. The smallest absolute Gasteiger partial charge is 0.328 e. The Morgan fingerprint density at radius 3 is 2.85 bits per heavy atom. The first-order valence-corrected chi connectivity index (χ1v) is 7.07. The number of methoxy groups -OCH3 is 1. The van der Waals surface area contributed by atoms with E-state index in [0.29, 0.717) is 23.8 Å². The van der Waals surface area contributed by atoms with E-state index in [1.54, 1.807) is 10.8 Å². The number of aromatic nitrogens is 3. The maximum atomic E-state index is 12.1. The number of esters is 1. The van der Waals surface area contributed by atoms with Gasteiger partial charge in [0, 0.05) is 6.20 Å². The van der Waals surface area contributed by atoms with Crippen molar-refractivity contribution in [3.63, 3.8) is 0 Å². The van der Waals surface area contributed by atoms with Gasteiger partial charge in [0.2, 0.25) is 0 Å². The summed E-state index contributed by atoms with van der Waals surface area (Å²) in [7, 11) is 1.39. The number of halogens is 1. The van der Waals surface area contributed by atoms with Crippen LogP contribution in [0.4, 0.5) is 0 Å². The number of ether oxygens (including phenoxy) is 1. The zero-order chi connectivity index (χ0) is 14.7. The van der Waals surface area contributed by atoms with Gasteiger partial charge in [0.1, 0.15) is 17.4 Å². The molecule has 20 heavy (non-hydrogen) atoms. The first-order chi connectivity index (χ1) is 9.58. The molecular weight excluding hydrogens is 278 g/mol. The van der Waals surface area contributed by atoms with Crippen LogP contribution in [0, 0.1) is 5.92 Å². The molecule has 0 aromatic carbocycles. The van der Waals surface area contributed by atoms with Crippen LogP contribution >= 0.6 is 11.6 Å². The van der Waals surface area contributed by atoms with Gasteiger partial charge in [-0.1, -0.05) is 13.8 Å². The van der Waals surface area contributed by atoms with Crippen LogP contribution < -0.4 is 0 Å². The van der Waals surface area contributed by atoms with Gasteiger partial charge in [-0.2, -0.15) is 0 Å². The Morgan fingerprint density at radius 2 is 2.25 bits per heavy atom. The zero-order valence-electron chi connectivity index (χ0n) is 11.8. The summed E-state index contributed by atoms with van der Waals surface area (Å²) in [5.41, 5.74) is 1.40. The van der Waals surface area contributed by atoms with Crippen LogP contribution in [0.25, 0.3) is 11.2 Å². The number of hydrogen-bond donors (Lipinski definition) is 0. The maximum Gasteiger partial charge on any atom is 0.328 e. The minimum Gasteiger partial charge on any atom is -0.467 e. The van der Waals surface area contributed by atoms with Gasteiger partial charge in [-0.15, -0.1) is 11.6 Å². The minimum absolute atomic E-state index is 0.224. The third kappa shape index (κ3) is 2.77. The van der Waals surface area contributed by atoms with Crippen LogP contribution in [-0.2, 0) is 15.4 Å². The molecule has 0 amide bonds. The molecule has 0 aliphatic heterocycles. The summed E-state index contributed by atoms with van der Waals surface area (Å²) in [6.07, 6.45) is 2.33. The lowest BCUT2D eigenvalue weighted by Gasteiger charge is -2.20. The van der Waals surface area contributed by atoms with E-state index >= 15 is 0 Å². The number of imidazole rings is 1. The molecule has 0 N–H and O–H groups in total. The number of rotatable bonds is 5. The summed E-state index contributed by atoms with van der Waals surface area (Å²) in [6.45, 7) is 4.12. The summed E-state index contributed by atoms with van der Waals surface area (Å²) < 4.78 is 6.73. The van der Waals surface area contributed by atoms with E-state index in [-0.39, 0.29) is 11.8 Å². The van der Waals surface area contributed by atoms with E-state index in [2.05, 4.69) is 23.8 Å². The van der Waals surface area contributed by atoms with Gasteiger partial charge in [0.15, 0.2) is 5.65 Å². The van der Waals surface area contributed by atoms with Crippen molar-refractivity contribution < 1.29 is 9.53 Å². The van der Waals surface area contributed by atoms with Gasteiger partial charge in [-0.05, 0) is 24.5 Å². The predicted octanol–water partition coefficient (Wildman–Crippen LogP) is 2.93. The largest absolute Gasteiger partial charge is 0.467 e. The Kier molecular flexibility index (Phi) is 4.60. The van der Waals surface area contributed by atoms with E-state index in [9.17, 15) is 4.79 Å². The standard InChI is InChI=1S/C14H18ClN3O2/c1-9(2)7-11(14(19)20-3)18-12(8-15)17-10-5-4-6-16-13(10)18/h4-6,9,11H,7-8H2,1-3H3. The fourth-order valence-electron chi connectivity index (χ4n) is 2.29. The number of alkyl halides is 1. The van der Waals surface area contributed by atoms with Crippen molar-refractivity contribution in [2.45, 2.75) is 32.2 Å². The number of pyridine rings is 1. The van der Waals surface area contributed by atoms with E-state index in [0.717, 1.165) is 5.52 Å². The van der Waals surface area contributed by atoms with Gasteiger partial charge in [-0.25, -0.2) is 14.8 Å². The molecule has 0 saturated heterocycles. The molecule has 2 aromatic heterocycles. The van der Waals surface area contributed by atoms with Crippen molar-refractivity contribution in [3.8, 4) is 0 Å². The Morgan fingerprint density at radius 1 is 1.50 bits per heavy atom. The van der Waals surface area contributed by atoms with Crippen molar-refractivity contribution >= 4 is 28.7 Å². The molecule has 2 aromatic rings. The molecule has 0 fully saturated rings. The minimum atomic E-state index is -0.450. The van der Waals surface area contributed by atoms with Crippen molar-refractivity contribution in [1.29, 1.82) is 0 Å². The summed E-state index contributed by atoms with van der Waals surface area (Å²) in [5.74, 6) is 0.900. The molecule has 1 unspecified atom stereocenters. The number of hydrogen-bond acceptors (Lipinski definition) is 4. The van der Waals surface area contributed by atoms with E-state index in [1.807, 2.05) is 12.1 Å². The van der Waals surface area contributed by atoms with E-state index < -0.39 is 6.04 Å². The second-order valence-electron chi connectivity index (χ2n) is 5.05. The van der Waals surface area contributed by atoms with Crippen molar-refractivity contribution in [1.82, 2.24) is 14.5 Å². The Labute approximate surface area is 122 Å². The Hall–Kier alpha value is -1.62. The summed E-state index contributed by atoms with van der Waals surface area (Å²) in [5, 5.41) is 0. The highest BCUT2D eigenvalue weighted by atomic mass is 35.5. The lowest BCUT2D eigenvalue weighted by Crippen LogP contribution is -2.24. The maximum absolute atomic E-state index is 12.1. The Balaban J connectivity index is 2.59. The summed E-state index contributed by atoms with van der Waals surface area (Å²) >= 11 is 5.97. The fourth-order valence-corrected chi connectivity index (χ4v) is 2.48. The summed E-state index contributed by atoms with van der Waals surface area (Å²) in [6, 6.07) is 3.22. The van der Waals surface area contributed by atoms with Gasteiger partial charge in [0.05, 0.1) is 13.0 Å². The monoisotopic (exact) mass is 295 g/mol. The van der Waals surface area contributed by atoms with Crippen LogP contribution in [0.15, 0.2) is 18.3 Å². The second-order valence-corrected chi connectivity index (χ2v) is 5.31. The number of fused-ring (bicyclic) bond motifs is 1. The third-order valence-electron chi connectivity index (χ3n) is 3.12. The summed E-state index contributed by atoms with van der Waals surface area (Å²) in [4.78, 5) is 20.9. The van der Waals surface area contributed by atoms with Gasteiger partial charge in [-0.3, -0.25) is 4.57 Å². The molecule has 6 heteroatoms. The van der Waals surface area contributed by atoms with Crippen LogP contribution in [0.2, 0.25) is 0 Å². The Bertz CT molecular complexity index is 609. The fraction of sp³-hybridized carbons (Fsp3) is 0.500. The number of nitrogens with zero attached hydrogens (tertiary/aromatic N) is 3. The number of carbonyl (C=O) groups excluding carboxylic acids is 1. The highest BCUT2D eigenvalue weighted by molar-refractivity contribution is 6.16. The second kappa shape index (κ2) is 6.22. The molecule has 0 saturated carbocycles. The van der Waals surface area contributed by atoms with Gasteiger partial charge in [0.25, 0.3) is 0 Å². The molecule has 0 spiro atoms. The average molecular weight is 296 g/mol. The van der Waals surface area contributed by atoms with Crippen molar-refractivity contribution in [2.75, 3.05) is 7.11 Å². The molecule has 0 bridgehead atoms. The lowest BCUT2D eigenvalue weighted by molar-refractivity contribution is -0.145. The average Bonchev–Trinajstić information content (AvgIpc) is 2.82. The topological polar surface area (TPSA) is 57.0 Å². The first-order valence-electron chi connectivity index (χ1n) is 6.54. The van der Waals surface area contributed by atoms with Crippen LogP contribution in [0.1, 0.15) is 32.1 Å². The predicted molar refractivity (Wildman–Crippen MR) is 77.6 cm³/mol. The molecule has 2 heterocycles. The van der Waals surface area contributed by atoms with Crippen molar-refractivity contribution in [2.24, 2.45) is 5.92 Å². The van der Waals surface area contributed by atoms with Crippen molar-refractivity contribution in [3.05, 3.63) is 24.2 Å². The molecular formula is C14H18ClN3O2. The zero-order valence-corrected chi connectivity index (χ0v) is 12.6. The number of carbonyl (C=O) groups is 1. The quantitative estimate of drug-likeness (QED) is 0.628. The van der Waals surface area contributed by atoms with E-state index in [4.69, 9.17) is 16.3 Å². The molecule has 2 rings (SSSR count). The van der Waals surface area contributed by atoms with Gasteiger partial charge < -0.3 is 4.74 Å². The third-order valence-corrected chi connectivity index (χ3v) is 3.36. The highest BCUT2D eigenvalue weighted by Crippen LogP contribution is 2.26. The van der Waals surface area contributed by atoms with Crippen LogP contribution in [-0.4, -0.2) is 27.6 Å². The highest BCUT2D eigenvalue weighted by Gasteiger charge is 2.27. The molecule has 108 valence electrons. The molecule has 0 radical (unpaired) electrons. The first kappa shape index (κ1) is 14.8. The van der Waals surface area contributed by atoms with E-state index in [1.165, 1.54) is 7.11 Å². The van der Waals surface area contributed by atoms with Crippen LogP contribution in [0.5, 0.6) is 0 Å². The van der Waals surface area contributed by atoms with Gasteiger partial charge >= 0.3 is 5.97 Å². The molecule has 5 nitrogen and oxygen atoms in total. The SMILES string of the molecule is COC(=O)C(CC(C)C)n1c(CCl)nc2cccnc21. The normalized spacial score (nSPS) is 12.8. The lowest BCUT2D eigenvalue weighted by atomic mass is 10.0. The molecule has 0 aliphatic carbocycles. The van der Waals surface area contributed by atoms with Crippen LogP contribution in [0.3, 0.4) is 0 Å². The molecule has 1 atom stereocenters.